The van der Waals surface area contributed by atoms with Gasteiger partial charge in [-0.3, -0.25) is 34.2 Å². The summed E-state index contributed by atoms with van der Waals surface area (Å²) in [6.07, 6.45) is 10.8. The summed E-state index contributed by atoms with van der Waals surface area (Å²) in [7, 11) is 0. The Morgan fingerprint density at radius 1 is 0.845 bits per heavy atom. The Hall–Kier alpha value is -6.95. The molecule has 6 heterocycles. The number of hydrogen-bond acceptors (Lipinski definition) is 12. The Morgan fingerprint density at radius 3 is 2.35 bits per heavy atom. The van der Waals surface area contributed by atoms with Gasteiger partial charge in [-0.05, 0) is 122 Å². The smallest absolute Gasteiger partial charge is 0.255 e. The highest BCUT2D eigenvalue weighted by molar-refractivity contribution is 7.99. The lowest BCUT2D eigenvalue weighted by molar-refractivity contribution is -0.136. The zero-order valence-electron chi connectivity index (χ0n) is 39.7. The number of amides is 5. The predicted octanol–water partition coefficient (Wildman–Crippen LogP) is 6.79. The van der Waals surface area contributed by atoms with E-state index in [2.05, 4.69) is 53.6 Å². The van der Waals surface area contributed by atoms with Gasteiger partial charge in [0, 0.05) is 97.6 Å². The third kappa shape index (κ3) is 10.9. The molecule has 4 aromatic carbocycles. The lowest BCUT2D eigenvalue weighted by atomic mass is 9.91. The van der Waals surface area contributed by atoms with E-state index in [1.165, 1.54) is 28.3 Å². The third-order valence-electron chi connectivity index (χ3n) is 14.5. The Morgan fingerprint density at radius 2 is 1.63 bits per heavy atom. The fourth-order valence-corrected chi connectivity index (χ4v) is 11.0. The Bertz CT molecular complexity index is 2890. The lowest BCUT2D eigenvalue weighted by Crippen LogP contribution is -2.52. The first-order valence-corrected chi connectivity index (χ1v) is 25.2. The minimum Gasteiger partial charge on any atom is -0.369 e. The normalized spacial score (nSPS) is 19.5. The number of nitrogens with one attached hydrogen (secondary N) is 3. The van der Waals surface area contributed by atoms with Gasteiger partial charge in [0.1, 0.15) is 22.7 Å². The monoisotopic (exact) mass is 976 g/mol. The lowest BCUT2D eigenvalue weighted by Gasteiger charge is -2.40. The molecule has 0 saturated carbocycles. The predicted molar refractivity (Wildman–Crippen MR) is 270 cm³/mol. The van der Waals surface area contributed by atoms with Crippen molar-refractivity contribution in [3.05, 3.63) is 143 Å². The van der Waals surface area contributed by atoms with E-state index in [1.807, 2.05) is 60.7 Å². The molecule has 17 heteroatoms. The first-order valence-electron chi connectivity index (χ1n) is 24.4. The van der Waals surface area contributed by atoms with Gasteiger partial charge in [0.2, 0.25) is 11.8 Å². The van der Waals surface area contributed by atoms with Gasteiger partial charge in [-0.1, -0.05) is 48.2 Å². The molecule has 3 fully saturated rings. The molecule has 0 bridgehead atoms. The number of halogens is 1. The standard InChI is InChI=1S/C54H57FN10O5S/c1-54(56)19-25-64(26-20-54)47-31-58-49(32-57-47)71-42-4-2-3-40(29-42)60-51(68)38-10-12-45(44(55)28-38)63-23-17-41(18-24-63)62-21-15-36(16-22-62)35-6-8-37(9-7-35)50(67)59-30-34-5-11-43-39(27-34)33-65(53(43)70)46-13-14-48(66)61-52(46)69/h2-12,15,27-29,31-32,41,46H,13-14,16-26,30,33,56H2,1H3,(H,59,67)(H,60,68)(H,61,66,69). The molecule has 15 nitrogen and oxygen atoms in total. The molecule has 10 rings (SSSR count). The minimum absolute atomic E-state index is 0.138. The van der Waals surface area contributed by atoms with Gasteiger partial charge in [-0.25, -0.2) is 14.4 Å². The molecule has 1 aromatic heterocycles. The van der Waals surface area contributed by atoms with Crippen LogP contribution in [0.2, 0.25) is 0 Å². The van der Waals surface area contributed by atoms with Crippen LogP contribution in [0.4, 0.5) is 21.6 Å². The van der Waals surface area contributed by atoms with Crippen molar-refractivity contribution in [2.24, 2.45) is 5.73 Å². The van der Waals surface area contributed by atoms with Gasteiger partial charge < -0.3 is 31.1 Å². The maximum absolute atomic E-state index is 15.7. The first-order chi connectivity index (χ1) is 34.3. The van der Waals surface area contributed by atoms with E-state index in [1.54, 1.807) is 30.6 Å². The summed E-state index contributed by atoms with van der Waals surface area (Å²) in [6.45, 7) is 7.49. The highest BCUT2D eigenvalue weighted by atomic mass is 32.2. The van der Waals surface area contributed by atoms with Gasteiger partial charge in [0.05, 0.1) is 18.1 Å². The van der Waals surface area contributed by atoms with Crippen molar-refractivity contribution in [2.45, 2.75) is 92.5 Å². The molecule has 0 spiro atoms. The highest BCUT2D eigenvalue weighted by Gasteiger charge is 2.39. The summed E-state index contributed by atoms with van der Waals surface area (Å²) < 4.78 is 15.7. The number of hydrogen-bond donors (Lipinski definition) is 4. The Labute approximate surface area is 416 Å². The average molecular weight is 977 g/mol. The number of nitrogens with zero attached hydrogens (tertiary/aromatic N) is 6. The molecule has 1 unspecified atom stereocenters. The first kappa shape index (κ1) is 47.7. The molecule has 71 heavy (non-hydrogen) atoms. The average Bonchev–Trinajstić information content (AvgIpc) is 3.70. The Balaban J connectivity index is 0.662. The van der Waals surface area contributed by atoms with Crippen LogP contribution in [-0.4, -0.2) is 106 Å². The fourth-order valence-electron chi connectivity index (χ4n) is 10.2. The second-order valence-corrected chi connectivity index (χ2v) is 20.5. The van der Waals surface area contributed by atoms with Crippen molar-refractivity contribution in [2.75, 3.05) is 54.4 Å². The van der Waals surface area contributed by atoms with Crippen molar-refractivity contribution in [1.29, 1.82) is 0 Å². The number of piperidine rings is 3. The number of aromatic nitrogens is 2. The van der Waals surface area contributed by atoms with E-state index < -0.39 is 17.8 Å². The van der Waals surface area contributed by atoms with Gasteiger partial charge in [0.15, 0.2) is 0 Å². The molecule has 5 aromatic rings. The number of imide groups is 1. The molecular formula is C54H57FN10O5S. The minimum atomic E-state index is -0.675. The van der Waals surface area contributed by atoms with Crippen molar-refractivity contribution in [3.8, 4) is 0 Å². The van der Waals surface area contributed by atoms with Crippen LogP contribution in [0.1, 0.15) is 99.6 Å². The summed E-state index contributed by atoms with van der Waals surface area (Å²) in [5.41, 5.74) is 12.5. The summed E-state index contributed by atoms with van der Waals surface area (Å²) in [5, 5.41) is 8.98. The SMILES string of the molecule is CC1(N)CCN(c2cnc(Sc3cccc(NC(=O)c4ccc(N5CCC(N6CC=C(c7ccc(C(=O)NCc8ccc9c(c8)CN(C8CCC(=O)NC8=O)C9=O)cc7)CC6)CC5)c(F)c4)c3)cn2)CC1. The molecule has 5 aliphatic heterocycles. The van der Waals surface area contributed by atoms with Crippen LogP contribution in [-0.2, 0) is 22.7 Å². The van der Waals surface area contributed by atoms with Crippen molar-refractivity contribution < 1.29 is 28.4 Å². The number of carbonyl (C=O) groups is 5. The number of carbonyl (C=O) groups excluding carboxylic acids is 5. The molecule has 0 radical (unpaired) electrons. The Kier molecular flexibility index (Phi) is 13.7. The summed E-state index contributed by atoms with van der Waals surface area (Å²) in [5.74, 6) is -1.17. The van der Waals surface area contributed by atoms with E-state index in [0.29, 0.717) is 48.1 Å². The van der Waals surface area contributed by atoms with E-state index >= 15 is 4.39 Å². The van der Waals surface area contributed by atoms with Gasteiger partial charge >= 0.3 is 0 Å². The summed E-state index contributed by atoms with van der Waals surface area (Å²) >= 11 is 1.45. The number of nitrogens with two attached hydrogens (primary N) is 1. The van der Waals surface area contributed by atoms with Crippen molar-refractivity contribution >= 4 is 64.1 Å². The van der Waals surface area contributed by atoms with Crippen LogP contribution in [0.5, 0.6) is 0 Å². The van der Waals surface area contributed by atoms with E-state index in [4.69, 9.17) is 5.73 Å². The van der Waals surface area contributed by atoms with E-state index in [0.717, 1.165) is 90.7 Å². The van der Waals surface area contributed by atoms with Crippen molar-refractivity contribution in [1.82, 2.24) is 30.4 Å². The second kappa shape index (κ2) is 20.4. The third-order valence-corrected chi connectivity index (χ3v) is 15.4. The molecule has 5 aliphatic rings. The molecule has 366 valence electrons. The van der Waals surface area contributed by atoms with Crippen LogP contribution < -0.4 is 31.5 Å². The number of fused-ring (bicyclic) bond motifs is 1. The van der Waals surface area contributed by atoms with Gasteiger partial charge in [0.25, 0.3) is 17.7 Å². The zero-order valence-corrected chi connectivity index (χ0v) is 40.5. The zero-order chi connectivity index (χ0) is 49.2. The van der Waals surface area contributed by atoms with Crippen LogP contribution in [0.3, 0.4) is 0 Å². The van der Waals surface area contributed by atoms with Crippen LogP contribution >= 0.6 is 11.8 Å². The van der Waals surface area contributed by atoms with E-state index in [9.17, 15) is 24.0 Å². The van der Waals surface area contributed by atoms with Crippen LogP contribution in [0.15, 0.2) is 113 Å². The quantitative estimate of drug-likeness (QED) is 0.0962. The second-order valence-electron chi connectivity index (χ2n) is 19.4. The fraction of sp³-hybridized carbons (Fsp3) is 0.352. The maximum atomic E-state index is 15.7. The largest absolute Gasteiger partial charge is 0.369 e. The van der Waals surface area contributed by atoms with Crippen molar-refractivity contribution in [3.63, 3.8) is 0 Å². The van der Waals surface area contributed by atoms with Gasteiger partial charge in [-0.15, -0.1) is 0 Å². The van der Waals surface area contributed by atoms with Crippen LogP contribution in [0, 0.1) is 5.82 Å². The maximum Gasteiger partial charge on any atom is 0.255 e. The molecule has 3 saturated heterocycles. The molecule has 5 amide bonds. The van der Waals surface area contributed by atoms with Crippen LogP contribution in [0.25, 0.3) is 5.57 Å². The topological polar surface area (TPSA) is 186 Å². The number of benzene rings is 4. The number of anilines is 3. The van der Waals surface area contributed by atoms with E-state index in [-0.39, 0.29) is 54.2 Å². The van der Waals surface area contributed by atoms with Gasteiger partial charge in [-0.2, -0.15) is 0 Å². The summed E-state index contributed by atoms with van der Waals surface area (Å²) in [4.78, 5) is 82.0. The summed E-state index contributed by atoms with van der Waals surface area (Å²) in [6, 6.07) is 25.0. The number of rotatable bonds is 12. The molecule has 1 atom stereocenters. The molecule has 0 aliphatic carbocycles. The highest BCUT2D eigenvalue weighted by Crippen LogP contribution is 2.33. The molecular weight excluding hydrogens is 920 g/mol. The molecule has 5 N–H and O–H groups in total.